The first-order chi connectivity index (χ1) is 15.4. The Labute approximate surface area is 185 Å². The summed E-state index contributed by atoms with van der Waals surface area (Å²) in [7, 11) is 1.53. The number of aldehydes is 1. The minimum Gasteiger partial charge on any atom is -0.508 e. The summed E-state index contributed by atoms with van der Waals surface area (Å²) in [5.41, 5.74) is 8.35. The number of carbonyl (C=O) groups excluding carboxylic acids is 3. The molecule has 0 aliphatic carbocycles. The third-order valence-electron chi connectivity index (χ3n) is 5.14. The Balaban J connectivity index is 1.64. The maximum absolute atomic E-state index is 12.8. The summed E-state index contributed by atoms with van der Waals surface area (Å²) in [4.78, 5) is 37.4. The Bertz CT molecular complexity index is 1020. The fourth-order valence-electron chi connectivity index (χ4n) is 3.37. The van der Waals surface area contributed by atoms with Crippen molar-refractivity contribution in [1.82, 2.24) is 10.2 Å². The SMILES string of the molecule is CNC(=O)CCC(C=O)N1Cc2c(OC/C(N)=C/Nc3ccc(O)cc3)cccc2C1=O. The van der Waals surface area contributed by atoms with Crippen LogP contribution in [0.15, 0.2) is 54.4 Å². The molecule has 5 N–H and O–H groups in total. The molecule has 0 spiro atoms. The van der Waals surface area contributed by atoms with Crippen LogP contribution >= 0.6 is 0 Å². The van der Waals surface area contributed by atoms with Crippen LogP contribution in [0.4, 0.5) is 5.69 Å². The van der Waals surface area contributed by atoms with Crippen molar-refractivity contribution in [3.63, 3.8) is 0 Å². The van der Waals surface area contributed by atoms with E-state index in [0.29, 0.717) is 28.9 Å². The highest BCUT2D eigenvalue weighted by Gasteiger charge is 2.34. The number of ether oxygens (including phenoxy) is 1. The molecule has 0 saturated carbocycles. The molecule has 1 aliphatic rings. The van der Waals surface area contributed by atoms with E-state index in [-0.39, 0.29) is 43.6 Å². The smallest absolute Gasteiger partial charge is 0.255 e. The zero-order chi connectivity index (χ0) is 23.1. The van der Waals surface area contributed by atoms with Crippen molar-refractivity contribution in [2.75, 3.05) is 19.0 Å². The van der Waals surface area contributed by atoms with E-state index in [1.54, 1.807) is 48.7 Å². The van der Waals surface area contributed by atoms with E-state index >= 15 is 0 Å². The van der Waals surface area contributed by atoms with Crippen molar-refractivity contribution in [2.45, 2.75) is 25.4 Å². The van der Waals surface area contributed by atoms with Crippen LogP contribution in [0, 0.1) is 0 Å². The van der Waals surface area contributed by atoms with Gasteiger partial charge in [-0.15, -0.1) is 0 Å². The number of carbonyl (C=O) groups is 3. The number of anilines is 1. The van der Waals surface area contributed by atoms with Crippen molar-refractivity contribution in [3.8, 4) is 11.5 Å². The first-order valence-corrected chi connectivity index (χ1v) is 10.1. The average Bonchev–Trinajstić information content (AvgIpc) is 3.14. The number of fused-ring (bicyclic) bond motifs is 1. The van der Waals surface area contributed by atoms with Gasteiger partial charge in [0.15, 0.2) is 0 Å². The van der Waals surface area contributed by atoms with Crippen LogP contribution in [-0.2, 0) is 16.1 Å². The lowest BCUT2D eigenvalue weighted by molar-refractivity contribution is -0.121. The van der Waals surface area contributed by atoms with Gasteiger partial charge in [0.1, 0.15) is 24.4 Å². The van der Waals surface area contributed by atoms with Gasteiger partial charge in [0, 0.05) is 36.5 Å². The Morgan fingerprint density at radius 3 is 2.72 bits per heavy atom. The molecule has 168 valence electrons. The second kappa shape index (κ2) is 10.3. The largest absolute Gasteiger partial charge is 0.508 e. The lowest BCUT2D eigenvalue weighted by Gasteiger charge is -2.22. The van der Waals surface area contributed by atoms with E-state index in [9.17, 15) is 19.5 Å². The fraction of sp³-hybridized carbons (Fsp3) is 0.261. The lowest BCUT2D eigenvalue weighted by atomic mass is 10.1. The standard InChI is InChI=1S/C23H26N4O5/c1-25-22(30)10-7-17(13-28)27-12-20-19(23(27)31)3-2-4-21(20)32-14-15(24)11-26-16-5-8-18(29)9-6-16/h2-6,8-9,11,13,17,26,29H,7,10,12,14,24H2,1H3,(H,25,30)/b15-11-. The van der Waals surface area contributed by atoms with E-state index in [0.717, 1.165) is 5.69 Å². The second-order valence-electron chi connectivity index (χ2n) is 7.33. The number of hydrogen-bond donors (Lipinski definition) is 4. The number of nitrogens with two attached hydrogens (primary N) is 1. The van der Waals surface area contributed by atoms with E-state index in [1.807, 2.05) is 0 Å². The Morgan fingerprint density at radius 1 is 1.28 bits per heavy atom. The molecule has 9 heteroatoms. The maximum atomic E-state index is 12.8. The van der Waals surface area contributed by atoms with Gasteiger partial charge in [0.25, 0.3) is 5.91 Å². The van der Waals surface area contributed by atoms with Gasteiger partial charge in [-0.2, -0.15) is 0 Å². The molecule has 32 heavy (non-hydrogen) atoms. The minimum absolute atomic E-state index is 0.0868. The van der Waals surface area contributed by atoms with Gasteiger partial charge >= 0.3 is 0 Å². The van der Waals surface area contributed by atoms with Crippen LogP contribution in [0.3, 0.4) is 0 Å². The molecule has 3 rings (SSSR count). The normalized spacial score (nSPS) is 14.0. The number of hydrogen-bond acceptors (Lipinski definition) is 7. The van der Waals surface area contributed by atoms with Crippen molar-refractivity contribution in [1.29, 1.82) is 0 Å². The van der Waals surface area contributed by atoms with Crippen molar-refractivity contribution in [3.05, 3.63) is 65.5 Å². The Morgan fingerprint density at radius 2 is 2.03 bits per heavy atom. The number of aromatic hydroxyl groups is 1. The van der Waals surface area contributed by atoms with Gasteiger partial charge in [-0.1, -0.05) is 6.07 Å². The quantitative estimate of drug-likeness (QED) is 0.328. The second-order valence-corrected chi connectivity index (χ2v) is 7.33. The maximum Gasteiger partial charge on any atom is 0.255 e. The fourth-order valence-corrected chi connectivity index (χ4v) is 3.37. The van der Waals surface area contributed by atoms with Gasteiger partial charge in [0.05, 0.1) is 18.3 Å². The number of phenolic OH excluding ortho intramolecular Hbond substituents is 1. The number of benzene rings is 2. The summed E-state index contributed by atoms with van der Waals surface area (Å²) in [5, 5.41) is 14.8. The molecular weight excluding hydrogens is 412 g/mol. The zero-order valence-electron chi connectivity index (χ0n) is 17.7. The summed E-state index contributed by atoms with van der Waals surface area (Å²) in [6.45, 7) is 0.306. The number of phenols is 1. The van der Waals surface area contributed by atoms with Crippen molar-refractivity contribution < 1.29 is 24.2 Å². The van der Waals surface area contributed by atoms with E-state index in [1.165, 1.54) is 11.9 Å². The molecule has 0 aromatic heterocycles. The molecule has 0 bridgehead atoms. The molecule has 0 saturated heterocycles. The van der Waals surface area contributed by atoms with Gasteiger partial charge in [-0.05, 0) is 42.8 Å². The molecule has 1 heterocycles. The molecule has 0 fully saturated rings. The topological polar surface area (TPSA) is 134 Å². The molecule has 2 aromatic carbocycles. The van der Waals surface area contributed by atoms with Crippen molar-refractivity contribution >= 4 is 23.8 Å². The highest BCUT2D eigenvalue weighted by molar-refractivity contribution is 6.00. The van der Waals surface area contributed by atoms with Gasteiger partial charge in [0.2, 0.25) is 5.91 Å². The molecule has 1 unspecified atom stereocenters. The predicted molar refractivity (Wildman–Crippen MR) is 119 cm³/mol. The van der Waals surface area contributed by atoms with Crippen LogP contribution in [0.2, 0.25) is 0 Å². The summed E-state index contributed by atoms with van der Waals surface area (Å²) in [5.74, 6) is 0.225. The first-order valence-electron chi connectivity index (χ1n) is 10.1. The number of amides is 2. The van der Waals surface area contributed by atoms with E-state index < -0.39 is 6.04 Å². The zero-order valence-corrected chi connectivity index (χ0v) is 17.7. The number of rotatable bonds is 10. The summed E-state index contributed by atoms with van der Waals surface area (Å²) in [6, 6.07) is 11.0. The average molecular weight is 438 g/mol. The highest BCUT2D eigenvalue weighted by atomic mass is 16.5. The van der Waals surface area contributed by atoms with Gasteiger partial charge in [-0.3, -0.25) is 9.59 Å². The van der Waals surface area contributed by atoms with Gasteiger partial charge < -0.3 is 35.9 Å². The predicted octanol–water partition coefficient (Wildman–Crippen LogP) is 1.73. The monoisotopic (exact) mass is 438 g/mol. The molecule has 9 nitrogen and oxygen atoms in total. The highest BCUT2D eigenvalue weighted by Crippen LogP contribution is 2.32. The molecule has 2 aromatic rings. The van der Waals surface area contributed by atoms with Gasteiger partial charge in [-0.25, -0.2) is 0 Å². The third-order valence-corrected chi connectivity index (χ3v) is 5.14. The molecule has 0 radical (unpaired) electrons. The molecule has 1 atom stereocenters. The number of nitrogens with one attached hydrogen (secondary N) is 2. The van der Waals surface area contributed by atoms with Crippen LogP contribution in [0.1, 0.15) is 28.8 Å². The summed E-state index contributed by atoms with van der Waals surface area (Å²) < 4.78 is 5.84. The van der Waals surface area contributed by atoms with Crippen LogP contribution in [0.5, 0.6) is 11.5 Å². The molecule has 1 aliphatic heterocycles. The number of nitrogens with zero attached hydrogens (tertiary/aromatic N) is 1. The Hall–Kier alpha value is -4.01. The summed E-state index contributed by atoms with van der Waals surface area (Å²) in [6.07, 6.45) is 2.69. The van der Waals surface area contributed by atoms with Crippen LogP contribution < -0.4 is 21.1 Å². The molecular formula is C23H26N4O5. The minimum atomic E-state index is -0.695. The third kappa shape index (κ3) is 5.37. The molecule has 2 amide bonds. The van der Waals surface area contributed by atoms with Crippen molar-refractivity contribution in [2.24, 2.45) is 5.73 Å². The van der Waals surface area contributed by atoms with Crippen LogP contribution in [0.25, 0.3) is 0 Å². The first kappa shape index (κ1) is 22.7. The van der Waals surface area contributed by atoms with E-state index in [2.05, 4.69) is 10.6 Å². The van der Waals surface area contributed by atoms with Crippen LogP contribution in [-0.4, -0.2) is 47.8 Å². The summed E-state index contributed by atoms with van der Waals surface area (Å²) >= 11 is 0. The lowest BCUT2D eigenvalue weighted by Crippen LogP contribution is -2.37. The Kier molecular flexibility index (Phi) is 7.33. The van der Waals surface area contributed by atoms with E-state index in [4.69, 9.17) is 10.5 Å².